The maximum absolute atomic E-state index is 10.7. The lowest BCUT2D eigenvalue weighted by Gasteiger charge is -2.00. The van der Waals surface area contributed by atoms with Crippen LogP contribution in [0.25, 0.3) is 10.4 Å². The molecule has 0 amide bonds. The van der Waals surface area contributed by atoms with E-state index in [9.17, 15) is 8.42 Å². The van der Waals surface area contributed by atoms with Crippen LogP contribution in [-0.2, 0) is 16.6 Å². The van der Waals surface area contributed by atoms with Gasteiger partial charge in [-0.1, -0.05) is 6.07 Å². The van der Waals surface area contributed by atoms with Crippen molar-refractivity contribution in [1.82, 2.24) is 5.32 Å². The van der Waals surface area contributed by atoms with Crippen LogP contribution >= 0.6 is 22.7 Å². The highest BCUT2D eigenvalue weighted by atomic mass is 32.2. The zero-order chi connectivity index (χ0) is 13.0. The third-order valence-corrected chi connectivity index (χ3v) is 4.95. The fourth-order valence-electron chi connectivity index (χ4n) is 1.47. The number of hydrogen-bond donors (Lipinski definition) is 2. The minimum absolute atomic E-state index is 0.0316. The number of nitrogens with two attached hydrogens (primary N) is 1. The Morgan fingerprint density at radius 3 is 2.83 bits per heavy atom. The summed E-state index contributed by atoms with van der Waals surface area (Å²) < 4.78 is 21.5. The Kier molecular flexibility index (Phi) is 4.52. The van der Waals surface area contributed by atoms with Crippen LogP contribution in [-0.4, -0.2) is 20.7 Å². The van der Waals surface area contributed by atoms with E-state index in [0.29, 0.717) is 13.1 Å². The van der Waals surface area contributed by atoms with E-state index in [-0.39, 0.29) is 5.75 Å². The van der Waals surface area contributed by atoms with Gasteiger partial charge in [0.05, 0.1) is 5.75 Å². The molecule has 2 aromatic rings. The molecule has 4 nitrogen and oxygen atoms in total. The topological polar surface area (TPSA) is 72.2 Å². The monoisotopic (exact) mass is 302 g/mol. The van der Waals surface area contributed by atoms with Crippen molar-refractivity contribution in [3.8, 4) is 10.4 Å². The van der Waals surface area contributed by atoms with Gasteiger partial charge in [0.2, 0.25) is 10.0 Å². The van der Waals surface area contributed by atoms with Gasteiger partial charge in [-0.25, -0.2) is 13.6 Å². The van der Waals surface area contributed by atoms with Crippen molar-refractivity contribution in [3.05, 3.63) is 33.8 Å². The zero-order valence-corrected chi connectivity index (χ0v) is 12.1. The number of sulfonamides is 1. The van der Waals surface area contributed by atoms with Crippen LogP contribution in [0.15, 0.2) is 29.0 Å². The number of thiophene rings is 2. The fraction of sp³-hybridized carbons (Fsp3) is 0.273. The molecule has 0 saturated carbocycles. The predicted octanol–water partition coefficient (Wildman–Crippen LogP) is 1.85. The summed E-state index contributed by atoms with van der Waals surface area (Å²) >= 11 is 3.38. The summed E-state index contributed by atoms with van der Waals surface area (Å²) in [6.45, 7) is 1.05. The number of primary sulfonamides is 1. The van der Waals surface area contributed by atoms with Crippen LogP contribution in [0.1, 0.15) is 4.88 Å². The Labute approximate surface area is 115 Å². The minimum Gasteiger partial charge on any atom is -0.311 e. The summed E-state index contributed by atoms with van der Waals surface area (Å²) in [6, 6.07) is 6.24. The normalized spacial score (nSPS) is 11.8. The Morgan fingerprint density at radius 2 is 2.17 bits per heavy atom. The van der Waals surface area contributed by atoms with E-state index >= 15 is 0 Å². The lowest BCUT2D eigenvalue weighted by molar-refractivity contribution is 0.592. The molecule has 0 spiro atoms. The van der Waals surface area contributed by atoms with E-state index in [1.807, 2.05) is 6.07 Å². The third-order valence-electron chi connectivity index (χ3n) is 2.32. The van der Waals surface area contributed by atoms with Gasteiger partial charge in [-0.2, -0.15) is 0 Å². The molecule has 0 aliphatic rings. The van der Waals surface area contributed by atoms with Crippen molar-refractivity contribution in [3.63, 3.8) is 0 Å². The molecule has 0 radical (unpaired) electrons. The second-order valence-corrected chi connectivity index (χ2v) is 7.50. The lowest BCUT2D eigenvalue weighted by Crippen LogP contribution is -2.26. The van der Waals surface area contributed by atoms with Crippen molar-refractivity contribution in [1.29, 1.82) is 0 Å². The first-order valence-corrected chi connectivity index (χ1v) is 8.84. The number of hydrogen-bond acceptors (Lipinski definition) is 5. The average molecular weight is 302 g/mol. The van der Waals surface area contributed by atoms with Crippen LogP contribution in [0.5, 0.6) is 0 Å². The number of rotatable bonds is 6. The predicted molar refractivity (Wildman–Crippen MR) is 77.3 cm³/mol. The largest absolute Gasteiger partial charge is 0.311 e. The first kappa shape index (κ1) is 13.7. The van der Waals surface area contributed by atoms with Gasteiger partial charge in [0.25, 0.3) is 0 Å². The summed E-state index contributed by atoms with van der Waals surface area (Å²) in [4.78, 5) is 2.44. The first-order chi connectivity index (χ1) is 8.54. The Balaban J connectivity index is 1.84. The summed E-state index contributed by atoms with van der Waals surface area (Å²) in [6.07, 6.45) is 0. The molecule has 7 heteroatoms. The van der Waals surface area contributed by atoms with Crippen LogP contribution in [0.2, 0.25) is 0 Å². The molecule has 0 fully saturated rings. The second-order valence-electron chi connectivity index (χ2n) is 3.82. The molecule has 18 heavy (non-hydrogen) atoms. The highest BCUT2D eigenvalue weighted by Crippen LogP contribution is 2.29. The second kappa shape index (κ2) is 5.94. The molecule has 0 bridgehead atoms. The van der Waals surface area contributed by atoms with Crippen molar-refractivity contribution in [2.45, 2.75) is 6.54 Å². The van der Waals surface area contributed by atoms with Crippen molar-refractivity contribution in [2.24, 2.45) is 5.14 Å². The van der Waals surface area contributed by atoms with Crippen LogP contribution < -0.4 is 10.5 Å². The van der Waals surface area contributed by atoms with Gasteiger partial charge in [0, 0.05) is 28.4 Å². The average Bonchev–Trinajstić information content (AvgIpc) is 2.93. The van der Waals surface area contributed by atoms with Gasteiger partial charge in [-0.15, -0.1) is 22.7 Å². The molecule has 98 valence electrons. The molecular formula is C11H14N2O2S3. The quantitative estimate of drug-likeness (QED) is 0.800. The van der Waals surface area contributed by atoms with Gasteiger partial charge in [-0.05, 0) is 22.9 Å². The Hall–Kier alpha value is -0.730. The summed E-state index contributed by atoms with van der Waals surface area (Å²) in [5.41, 5.74) is 1.22. The molecule has 3 N–H and O–H groups in total. The molecule has 2 rings (SSSR count). The Bertz CT molecular complexity index is 588. The van der Waals surface area contributed by atoms with Crippen LogP contribution in [0, 0.1) is 0 Å². The SMILES string of the molecule is NS(=O)(=O)CCNCc1cc(-c2cccs2)cs1. The van der Waals surface area contributed by atoms with E-state index in [1.165, 1.54) is 15.3 Å². The molecule has 0 aliphatic carbocycles. The lowest BCUT2D eigenvalue weighted by atomic mass is 10.2. The van der Waals surface area contributed by atoms with Crippen molar-refractivity contribution < 1.29 is 8.42 Å². The molecule has 0 atom stereocenters. The molecule has 0 aliphatic heterocycles. The molecule has 0 aromatic carbocycles. The molecular weight excluding hydrogens is 288 g/mol. The molecule has 2 heterocycles. The maximum Gasteiger partial charge on any atom is 0.210 e. The highest BCUT2D eigenvalue weighted by molar-refractivity contribution is 7.89. The van der Waals surface area contributed by atoms with Gasteiger partial charge in [0.15, 0.2) is 0 Å². The smallest absolute Gasteiger partial charge is 0.210 e. The summed E-state index contributed by atoms with van der Waals surface area (Å²) in [5.74, 6) is -0.0316. The first-order valence-electron chi connectivity index (χ1n) is 5.37. The maximum atomic E-state index is 10.7. The van der Waals surface area contributed by atoms with Crippen molar-refractivity contribution >= 4 is 32.7 Å². The zero-order valence-electron chi connectivity index (χ0n) is 9.63. The fourth-order valence-corrected chi connectivity index (χ4v) is 3.54. The molecule has 0 saturated heterocycles. The van der Waals surface area contributed by atoms with Crippen LogP contribution in [0.3, 0.4) is 0 Å². The molecule has 0 unspecified atom stereocenters. The van der Waals surface area contributed by atoms with Gasteiger partial charge in [0.1, 0.15) is 0 Å². The van der Waals surface area contributed by atoms with E-state index in [1.54, 1.807) is 22.7 Å². The van der Waals surface area contributed by atoms with E-state index in [0.717, 1.165) is 0 Å². The molecule has 2 aromatic heterocycles. The highest BCUT2D eigenvalue weighted by Gasteiger charge is 2.04. The van der Waals surface area contributed by atoms with E-state index < -0.39 is 10.0 Å². The van der Waals surface area contributed by atoms with Gasteiger partial charge < -0.3 is 5.32 Å². The Morgan fingerprint density at radius 1 is 1.33 bits per heavy atom. The summed E-state index contributed by atoms with van der Waals surface area (Å²) in [5, 5.41) is 12.2. The minimum atomic E-state index is -3.37. The third kappa shape index (κ3) is 4.18. The van der Waals surface area contributed by atoms with E-state index in [4.69, 9.17) is 5.14 Å². The van der Waals surface area contributed by atoms with E-state index in [2.05, 4.69) is 28.2 Å². The number of nitrogens with one attached hydrogen (secondary N) is 1. The van der Waals surface area contributed by atoms with Crippen molar-refractivity contribution in [2.75, 3.05) is 12.3 Å². The van der Waals surface area contributed by atoms with Gasteiger partial charge in [-0.3, -0.25) is 0 Å². The van der Waals surface area contributed by atoms with Crippen LogP contribution in [0.4, 0.5) is 0 Å². The summed E-state index contributed by atoms with van der Waals surface area (Å²) in [7, 11) is -3.37. The standard InChI is InChI=1S/C11H14N2O2S3/c12-18(14,15)5-3-13-7-10-6-9(8-17-10)11-2-1-4-16-11/h1-2,4,6,8,13H,3,5,7H2,(H2,12,14,15). The van der Waals surface area contributed by atoms with Gasteiger partial charge >= 0.3 is 0 Å².